The third kappa shape index (κ3) is 4.79. The molecule has 7 heteroatoms. The number of amides is 1. The number of carbonyl (C=O) groups excluding carboxylic acids is 1. The molecule has 0 atom stereocenters. The molecule has 1 N–H and O–H groups in total. The van der Waals surface area contributed by atoms with Gasteiger partial charge in [0.05, 0.1) is 6.04 Å². The molecule has 1 saturated heterocycles. The number of rotatable bonds is 8. The first kappa shape index (κ1) is 20.3. The van der Waals surface area contributed by atoms with Gasteiger partial charge in [0.25, 0.3) is 5.56 Å². The fourth-order valence-corrected chi connectivity index (χ4v) is 3.72. The number of hydrogen-bond donors (Lipinski definition) is 1. The van der Waals surface area contributed by atoms with Crippen molar-refractivity contribution in [1.82, 2.24) is 19.8 Å². The van der Waals surface area contributed by atoms with Gasteiger partial charge in [0.1, 0.15) is 5.69 Å². The first-order valence-corrected chi connectivity index (χ1v) is 10.5. The zero-order valence-corrected chi connectivity index (χ0v) is 17.6. The molecule has 0 aromatic carbocycles. The molecule has 2 aromatic rings. The van der Waals surface area contributed by atoms with E-state index >= 15 is 0 Å². The van der Waals surface area contributed by atoms with Gasteiger partial charge in [-0.1, -0.05) is 6.08 Å². The van der Waals surface area contributed by atoms with Gasteiger partial charge in [0, 0.05) is 56.4 Å². The summed E-state index contributed by atoms with van der Waals surface area (Å²) < 4.78 is 0. The number of carbonyl (C=O) groups is 1. The Bertz CT molecular complexity index is 959. The smallest absolute Gasteiger partial charge is 0.271 e. The maximum absolute atomic E-state index is 12.7. The van der Waals surface area contributed by atoms with Gasteiger partial charge in [-0.05, 0) is 56.6 Å². The van der Waals surface area contributed by atoms with E-state index in [1.165, 1.54) is 12.8 Å². The molecule has 0 radical (unpaired) electrons. The summed E-state index contributed by atoms with van der Waals surface area (Å²) in [5.41, 5.74) is 2.59. The van der Waals surface area contributed by atoms with Gasteiger partial charge in [-0.2, -0.15) is 0 Å². The van der Waals surface area contributed by atoms with Crippen LogP contribution in [-0.2, 0) is 4.79 Å². The Morgan fingerprint density at radius 1 is 1.23 bits per heavy atom. The highest BCUT2D eigenvalue weighted by Crippen LogP contribution is 2.33. The predicted molar refractivity (Wildman–Crippen MR) is 118 cm³/mol. The Morgan fingerprint density at radius 3 is 2.63 bits per heavy atom. The zero-order valence-electron chi connectivity index (χ0n) is 17.6. The number of likely N-dealkylation sites (tertiary alicyclic amines) is 1. The zero-order chi connectivity index (χ0) is 21.1. The number of H-pyrrole nitrogens is 1. The normalized spacial score (nSPS) is 16.8. The van der Waals surface area contributed by atoms with Gasteiger partial charge in [0.15, 0.2) is 0 Å². The van der Waals surface area contributed by atoms with Crippen molar-refractivity contribution in [3.63, 3.8) is 0 Å². The number of pyridine rings is 2. The molecule has 1 saturated carbocycles. The topological polar surface area (TPSA) is 72.5 Å². The minimum Gasteiger partial charge on any atom is -0.360 e. The largest absolute Gasteiger partial charge is 0.360 e. The molecule has 0 bridgehead atoms. The van der Waals surface area contributed by atoms with Gasteiger partial charge in [-0.3, -0.25) is 14.6 Å². The van der Waals surface area contributed by atoms with Crippen molar-refractivity contribution in [2.24, 2.45) is 5.92 Å². The molecule has 0 unspecified atom stereocenters. The molecule has 2 aromatic heterocycles. The minimum atomic E-state index is -0.0795. The summed E-state index contributed by atoms with van der Waals surface area (Å²) in [6, 6.07) is 6.02. The van der Waals surface area contributed by atoms with Crippen LogP contribution in [0.5, 0.6) is 0 Å². The second-order valence-corrected chi connectivity index (χ2v) is 8.50. The summed E-state index contributed by atoms with van der Waals surface area (Å²) in [6.07, 6.45) is 11.2. The lowest BCUT2D eigenvalue weighted by Gasteiger charge is -2.46. The van der Waals surface area contributed by atoms with E-state index in [0.29, 0.717) is 24.7 Å². The monoisotopic (exact) mass is 407 g/mol. The van der Waals surface area contributed by atoms with E-state index in [0.717, 1.165) is 24.2 Å². The number of likely N-dealkylation sites (N-methyl/N-ethyl adjacent to an activating group) is 1. The Morgan fingerprint density at radius 2 is 1.97 bits per heavy atom. The molecule has 30 heavy (non-hydrogen) atoms. The molecular formula is C23H29N5O2. The number of nitrogens with one attached hydrogen (secondary N) is 1. The summed E-state index contributed by atoms with van der Waals surface area (Å²) in [5.74, 6) is 0.678. The van der Waals surface area contributed by atoms with Crippen LogP contribution in [0.15, 0.2) is 53.7 Å². The van der Waals surface area contributed by atoms with E-state index < -0.39 is 0 Å². The number of aromatic amines is 1. The van der Waals surface area contributed by atoms with Gasteiger partial charge in [-0.25, -0.2) is 0 Å². The van der Waals surface area contributed by atoms with Crippen molar-refractivity contribution < 1.29 is 4.79 Å². The average Bonchev–Trinajstić information content (AvgIpc) is 3.51. The van der Waals surface area contributed by atoms with Gasteiger partial charge in [0.2, 0.25) is 5.91 Å². The van der Waals surface area contributed by atoms with Crippen LogP contribution in [-0.4, -0.2) is 72.0 Å². The molecule has 1 aliphatic carbocycles. The number of nitrogens with zero attached hydrogens (tertiary/aromatic N) is 4. The fourth-order valence-electron chi connectivity index (χ4n) is 3.72. The van der Waals surface area contributed by atoms with E-state index in [1.807, 2.05) is 48.2 Å². The van der Waals surface area contributed by atoms with Gasteiger partial charge in [-0.15, -0.1) is 0 Å². The van der Waals surface area contributed by atoms with Crippen LogP contribution >= 0.6 is 0 Å². The number of aromatic nitrogens is 2. The second-order valence-electron chi connectivity index (χ2n) is 8.50. The van der Waals surface area contributed by atoms with Crippen LogP contribution < -0.4 is 10.5 Å². The number of anilines is 1. The standard InChI is InChI=1S/C23H29N5O2/c1-26(2)11-3-4-22(29)27-15-20(16-27)28(14-17-5-6-17)21-12-19(13-25-23(21)30)18-7-9-24-10-8-18/h3-4,7-10,12-13,17,20H,5-6,11,14-16H2,1-2H3,(H,25,30)/b4-3+. The molecule has 2 fully saturated rings. The second kappa shape index (κ2) is 8.83. The molecule has 4 rings (SSSR count). The number of hydrogen-bond acceptors (Lipinski definition) is 5. The van der Waals surface area contributed by atoms with Crippen molar-refractivity contribution in [2.45, 2.75) is 18.9 Å². The summed E-state index contributed by atoms with van der Waals surface area (Å²) in [6.45, 7) is 2.91. The molecule has 2 aliphatic rings. The van der Waals surface area contributed by atoms with Crippen LogP contribution in [0.25, 0.3) is 11.1 Å². The maximum Gasteiger partial charge on any atom is 0.271 e. The Balaban J connectivity index is 1.50. The van der Waals surface area contributed by atoms with Crippen LogP contribution in [0, 0.1) is 5.92 Å². The molecular weight excluding hydrogens is 378 g/mol. The first-order chi connectivity index (χ1) is 14.5. The van der Waals surface area contributed by atoms with Crippen molar-refractivity contribution >= 4 is 11.6 Å². The van der Waals surface area contributed by atoms with Crippen LogP contribution in [0.1, 0.15) is 12.8 Å². The minimum absolute atomic E-state index is 0.0407. The van der Waals surface area contributed by atoms with E-state index in [4.69, 9.17) is 0 Å². The lowest BCUT2D eigenvalue weighted by molar-refractivity contribution is -0.130. The molecule has 158 valence electrons. The molecule has 0 spiro atoms. The summed E-state index contributed by atoms with van der Waals surface area (Å²) in [5, 5.41) is 0. The quantitative estimate of drug-likeness (QED) is 0.678. The highest BCUT2D eigenvalue weighted by atomic mass is 16.2. The van der Waals surface area contributed by atoms with E-state index in [1.54, 1.807) is 24.7 Å². The van der Waals surface area contributed by atoms with Gasteiger partial charge < -0.3 is 19.7 Å². The predicted octanol–water partition coefficient (Wildman–Crippen LogP) is 1.98. The summed E-state index contributed by atoms with van der Waals surface area (Å²) in [7, 11) is 3.95. The summed E-state index contributed by atoms with van der Waals surface area (Å²) >= 11 is 0. The van der Waals surface area contributed by atoms with Crippen LogP contribution in [0.2, 0.25) is 0 Å². The van der Waals surface area contributed by atoms with E-state index in [9.17, 15) is 9.59 Å². The average molecular weight is 408 g/mol. The lowest BCUT2D eigenvalue weighted by atomic mass is 10.0. The molecule has 1 aliphatic heterocycles. The maximum atomic E-state index is 12.7. The third-order valence-corrected chi connectivity index (χ3v) is 5.70. The Kier molecular flexibility index (Phi) is 5.99. The van der Waals surface area contributed by atoms with Crippen LogP contribution in [0.3, 0.4) is 0 Å². The van der Waals surface area contributed by atoms with Crippen molar-refractivity contribution in [3.8, 4) is 11.1 Å². The molecule has 1 amide bonds. The highest BCUT2D eigenvalue weighted by molar-refractivity contribution is 5.88. The highest BCUT2D eigenvalue weighted by Gasteiger charge is 2.37. The SMILES string of the molecule is CN(C)C/C=C/C(=O)N1CC(N(CC2CC2)c2cc(-c3ccncc3)c[nH]c2=O)C1. The van der Waals surface area contributed by atoms with E-state index in [-0.39, 0.29) is 17.5 Å². The fraction of sp³-hybridized carbons (Fsp3) is 0.435. The van der Waals surface area contributed by atoms with E-state index in [2.05, 4.69) is 14.9 Å². The Labute approximate surface area is 177 Å². The summed E-state index contributed by atoms with van der Waals surface area (Å²) in [4.78, 5) is 38.1. The van der Waals surface area contributed by atoms with Crippen molar-refractivity contribution in [1.29, 1.82) is 0 Å². The third-order valence-electron chi connectivity index (χ3n) is 5.70. The van der Waals surface area contributed by atoms with Crippen LogP contribution in [0.4, 0.5) is 5.69 Å². The van der Waals surface area contributed by atoms with Crippen molar-refractivity contribution in [2.75, 3.05) is 45.2 Å². The van der Waals surface area contributed by atoms with Gasteiger partial charge >= 0.3 is 0 Å². The molecule has 7 nitrogen and oxygen atoms in total. The lowest BCUT2D eigenvalue weighted by Crippen LogP contribution is -2.62. The first-order valence-electron chi connectivity index (χ1n) is 10.5. The molecule has 3 heterocycles. The Hall–Kier alpha value is -2.93. The van der Waals surface area contributed by atoms with Crippen molar-refractivity contribution in [3.05, 3.63) is 59.3 Å².